The second-order valence-electron chi connectivity index (χ2n) is 10.2. The third-order valence-corrected chi connectivity index (χ3v) is 9.21. The van der Waals surface area contributed by atoms with E-state index in [1.807, 2.05) is 0 Å². The molecule has 0 bridgehead atoms. The normalized spacial score (nSPS) is 34.4. The Hall–Kier alpha value is -1.19. The molecule has 0 saturated carbocycles. The smallest absolute Gasteiger partial charge is 0.302 e. The minimum atomic E-state index is -0.400. The fourth-order valence-electron chi connectivity index (χ4n) is 4.98. The molecule has 0 spiro atoms. The zero-order valence-corrected chi connectivity index (χ0v) is 25.8. The molecule has 3 saturated heterocycles. The lowest BCUT2D eigenvalue weighted by atomic mass is 10.1. The van der Waals surface area contributed by atoms with Crippen LogP contribution in [-0.2, 0) is 52.3 Å². The molecule has 3 heterocycles. The predicted octanol–water partition coefficient (Wildman–Crippen LogP) is 3.26. The summed E-state index contributed by atoms with van der Waals surface area (Å²) in [6.07, 6.45) is 1.58. The van der Waals surface area contributed by atoms with Crippen LogP contribution >= 0.6 is 36.2 Å². The van der Waals surface area contributed by atoms with Gasteiger partial charge in [-0.25, -0.2) is 0 Å². The van der Waals surface area contributed by atoms with Gasteiger partial charge in [0.1, 0.15) is 41.2 Å². The highest BCUT2D eigenvalue weighted by Gasteiger charge is 2.37. The summed E-state index contributed by atoms with van der Waals surface area (Å²) in [5.74, 6) is -0.249. The van der Waals surface area contributed by atoms with Gasteiger partial charge in [-0.1, -0.05) is 0 Å². The highest BCUT2D eigenvalue weighted by Crippen LogP contribution is 2.36. The Kier molecular flexibility index (Phi) is 13.7. The summed E-state index contributed by atoms with van der Waals surface area (Å²) >= 11 is 7.56. The quantitative estimate of drug-likeness (QED) is 0.205. The summed E-state index contributed by atoms with van der Waals surface area (Å²) in [7, 11) is 0. The van der Waals surface area contributed by atoms with Crippen molar-refractivity contribution in [1.82, 2.24) is 0 Å². The van der Waals surface area contributed by atoms with Crippen LogP contribution in [0.2, 0.25) is 0 Å². The van der Waals surface area contributed by atoms with Crippen molar-refractivity contribution in [2.45, 2.75) is 119 Å². The average molecular weight is 625 g/mol. The van der Waals surface area contributed by atoms with Crippen LogP contribution in [0, 0.1) is 0 Å². The number of hydrogen-bond donors (Lipinski definition) is 1. The minimum Gasteiger partial charge on any atom is -0.463 e. The van der Waals surface area contributed by atoms with E-state index < -0.39 is 5.97 Å². The van der Waals surface area contributed by atoms with Crippen LogP contribution in [0.15, 0.2) is 0 Å². The van der Waals surface area contributed by atoms with E-state index in [1.54, 1.807) is 11.8 Å². The van der Waals surface area contributed by atoms with Crippen LogP contribution in [-0.4, -0.2) is 94.9 Å². The van der Waals surface area contributed by atoms with Crippen molar-refractivity contribution in [2.24, 2.45) is 0 Å². The molecule has 0 N–H and O–H groups in total. The maximum atomic E-state index is 11.7. The maximum Gasteiger partial charge on any atom is 0.302 e. The third kappa shape index (κ3) is 12.4. The maximum absolute atomic E-state index is 11.7. The van der Waals surface area contributed by atoms with E-state index >= 15 is 0 Å². The summed E-state index contributed by atoms with van der Waals surface area (Å²) in [5, 5.41) is 0. The molecule has 3 aliphatic heterocycles. The largest absolute Gasteiger partial charge is 0.463 e. The van der Waals surface area contributed by atoms with Gasteiger partial charge >= 0.3 is 23.9 Å². The summed E-state index contributed by atoms with van der Waals surface area (Å²) in [6.45, 7) is 5.58. The van der Waals surface area contributed by atoms with Gasteiger partial charge in [-0.15, -0.1) is 36.2 Å². The fourth-order valence-corrected chi connectivity index (χ4v) is 7.84. The molecular formula is C26H40O11S3. The Morgan fingerprint density at radius 1 is 0.625 bits per heavy atom. The lowest BCUT2D eigenvalue weighted by Gasteiger charge is -2.38. The third-order valence-electron chi connectivity index (χ3n) is 6.40. The summed E-state index contributed by atoms with van der Waals surface area (Å²) < 4.78 is 40.0. The zero-order chi connectivity index (χ0) is 29.2. The monoisotopic (exact) mass is 624 g/mol. The average Bonchev–Trinajstić information content (AvgIpc) is 2.83. The molecular weight excluding hydrogens is 584 g/mol. The molecule has 9 unspecified atom stereocenters. The molecule has 11 nitrogen and oxygen atoms in total. The lowest BCUT2D eigenvalue weighted by Crippen LogP contribution is -2.41. The summed E-state index contributed by atoms with van der Waals surface area (Å²) in [5.41, 5.74) is -0.828. The number of ether oxygens (including phenoxy) is 7. The molecule has 228 valence electrons. The van der Waals surface area contributed by atoms with Gasteiger partial charge < -0.3 is 33.2 Å². The molecule has 40 heavy (non-hydrogen) atoms. The van der Waals surface area contributed by atoms with Crippen molar-refractivity contribution in [3.05, 3.63) is 0 Å². The highest BCUT2D eigenvalue weighted by atomic mass is 32.2. The Morgan fingerprint density at radius 2 is 1.05 bits per heavy atom. The molecule has 0 amide bonds. The first kappa shape index (κ1) is 33.3. The van der Waals surface area contributed by atoms with Gasteiger partial charge in [0.15, 0.2) is 0 Å². The predicted molar refractivity (Wildman–Crippen MR) is 151 cm³/mol. The van der Waals surface area contributed by atoms with E-state index in [1.165, 1.54) is 39.5 Å². The van der Waals surface area contributed by atoms with Crippen LogP contribution in [0.1, 0.15) is 66.2 Å². The van der Waals surface area contributed by atoms with Crippen molar-refractivity contribution in [3.8, 4) is 0 Å². The minimum absolute atomic E-state index is 0.0893. The van der Waals surface area contributed by atoms with Crippen molar-refractivity contribution in [3.63, 3.8) is 0 Å². The number of esters is 4. The lowest BCUT2D eigenvalue weighted by molar-refractivity contribution is -0.162. The molecule has 0 aliphatic carbocycles. The van der Waals surface area contributed by atoms with Gasteiger partial charge in [0.05, 0.1) is 18.3 Å². The number of carbonyl (C=O) groups excluding carboxylic acids is 4. The SMILES string of the molecule is CC(=O)OCC1CC(OC(C)=O)CC(SCC2CC(OC(C)=O)CC(SCC3CC(OC(C)=O)CC(S)O3)O2)O1. The Labute approximate surface area is 249 Å². The first-order valence-corrected chi connectivity index (χ1v) is 16.1. The number of carbonyl (C=O) groups is 4. The van der Waals surface area contributed by atoms with Crippen molar-refractivity contribution >= 4 is 60.0 Å². The molecule has 3 rings (SSSR count). The Bertz CT molecular complexity index is 875. The fraction of sp³-hybridized carbons (Fsp3) is 0.846. The molecule has 9 atom stereocenters. The van der Waals surface area contributed by atoms with Crippen LogP contribution in [0.5, 0.6) is 0 Å². The number of thioether (sulfide) groups is 2. The van der Waals surface area contributed by atoms with Gasteiger partial charge in [-0.3, -0.25) is 19.2 Å². The number of thiol groups is 1. The summed E-state index contributed by atoms with van der Waals surface area (Å²) in [4.78, 5) is 46.0. The zero-order valence-electron chi connectivity index (χ0n) is 23.3. The first-order chi connectivity index (χ1) is 18.9. The van der Waals surface area contributed by atoms with Crippen molar-refractivity contribution < 1.29 is 52.3 Å². The molecule has 0 aromatic heterocycles. The van der Waals surface area contributed by atoms with Crippen LogP contribution < -0.4 is 0 Å². The number of hydrogen-bond acceptors (Lipinski definition) is 14. The van der Waals surface area contributed by atoms with E-state index in [0.29, 0.717) is 50.0 Å². The van der Waals surface area contributed by atoms with Crippen LogP contribution in [0.25, 0.3) is 0 Å². The Balaban J connectivity index is 1.55. The molecule has 14 heteroatoms. The van der Waals surface area contributed by atoms with Gasteiger partial charge in [0.2, 0.25) is 0 Å². The standard InChI is InChI=1S/C26H40O11S3/c1-14(27)31-11-21-5-19(33-16(3)29)9-25(36-21)40-13-23-7-20(34-17(4)30)10-26(37-23)39-12-22-6-18(32-15(2)28)8-24(38)35-22/h18-26,38H,5-13H2,1-4H3. The van der Waals surface area contributed by atoms with E-state index in [0.717, 1.165) is 0 Å². The van der Waals surface area contributed by atoms with Gasteiger partial charge in [-0.05, 0) is 0 Å². The number of rotatable bonds is 11. The topological polar surface area (TPSA) is 133 Å². The second-order valence-corrected chi connectivity index (χ2v) is 13.1. The van der Waals surface area contributed by atoms with Gasteiger partial charge in [0, 0.05) is 77.7 Å². The van der Waals surface area contributed by atoms with E-state index in [2.05, 4.69) is 12.6 Å². The molecule has 0 aromatic rings. The molecule has 3 aliphatic rings. The molecule has 3 fully saturated rings. The first-order valence-electron chi connectivity index (χ1n) is 13.5. The molecule has 0 aromatic carbocycles. The van der Waals surface area contributed by atoms with Crippen LogP contribution in [0.4, 0.5) is 0 Å². The van der Waals surface area contributed by atoms with Gasteiger partial charge in [0.25, 0.3) is 0 Å². The second kappa shape index (κ2) is 16.4. The van der Waals surface area contributed by atoms with E-state index in [9.17, 15) is 19.2 Å². The van der Waals surface area contributed by atoms with Crippen LogP contribution in [0.3, 0.4) is 0 Å². The summed E-state index contributed by atoms with van der Waals surface area (Å²) in [6, 6.07) is 0. The van der Waals surface area contributed by atoms with Gasteiger partial charge in [-0.2, -0.15) is 0 Å². The van der Waals surface area contributed by atoms with Crippen molar-refractivity contribution in [2.75, 3.05) is 18.1 Å². The van der Waals surface area contributed by atoms with Crippen molar-refractivity contribution in [1.29, 1.82) is 0 Å². The van der Waals surface area contributed by atoms with E-state index in [4.69, 9.17) is 33.2 Å². The van der Waals surface area contributed by atoms with E-state index in [-0.39, 0.29) is 77.4 Å². The molecule has 0 radical (unpaired) electrons. The Morgan fingerprint density at radius 3 is 1.52 bits per heavy atom. The highest BCUT2D eigenvalue weighted by molar-refractivity contribution is 8.00.